The zero-order chi connectivity index (χ0) is 21.6. The zero-order valence-electron chi connectivity index (χ0n) is 18.9. The van der Waals surface area contributed by atoms with Crippen molar-refractivity contribution in [1.82, 2.24) is 20.5 Å². The molecule has 2 fully saturated rings. The first-order valence-electron chi connectivity index (χ1n) is 11.2. The Hall–Kier alpha value is -1.94. The fourth-order valence-electron chi connectivity index (χ4n) is 4.71. The van der Waals surface area contributed by atoms with Gasteiger partial charge in [-0.25, -0.2) is 9.37 Å². The van der Waals surface area contributed by atoms with Gasteiger partial charge in [0.25, 0.3) is 0 Å². The van der Waals surface area contributed by atoms with E-state index in [1.54, 1.807) is 19.3 Å². The van der Waals surface area contributed by atoms with Crippen LogP contribution in [-0.2, 0) is 6.54 Å². The summed E-state index contributed by atoms with van der Waals surface area (Å²) in [6.45, 7) is 6.83. The number of hydrogen-bond donors (Lipinski definition) is 2. The maximum absolute atomic E-state index is 14.0. The molecule has 1 aromatic heterocycles. The van der Waals surface area contributed by atoms with E-state index < -0.39 is 0 Å². The average Bonchev–Trinajstić information content (AvgIpc) is 3.38. The molecule has 2 aromatic rings. The standard InChI is InChI=1S/C24H33FN6.HI/c1-18-13-20(16-31(18)15-19-7-4-3-5-8-19)14-28-24(26-2)29-21-10-12-30(17-21)23-22(25)9-6-11-27-23;/h3-9,11,18,20-21H,10,12-17H2,1-2H3,(H2,26,28,29);1H. The molecule has 0 spiro atoms. The van der Waals surface area contributed by atoms with Crippen LogP contribution in [0, 0.1) is 11.7 Å². The smallest absolute Gasteiger partial charge is 0.191 e. The Morgan fingerprint density at radius 2 is 2.00 bits per heavy atom. The van der Waals surface area contributed by atoms with Crippen molar-refractivity contribution in [3.05, 3.63) is 60.0 Å². The number of benzene rings is 1. The predicted octanol–water partition coefficient (Wildman–Crippen LogP) is 3.49. The molecule has 4 rings (SSSR count). The zero-order valence-corrected chi connectivity index (χ0v) is 21.2. The Morgan fingerprint density at radius 1 is 1.19 bits per heavy atom. The molecule has 0 bridgehead atoms. The van der Waals surface area contributed by atoms with Crippen LogP contribution in [0.1, 0.15) is 25.3 Å². The first-order valence-corrected chi connectivity index (χ1v) is 11.2. The summed E-state index contributed by atoms with van der Waals surface area (Å²) in [6, 6.07) is 14.6. The molecule has 3 unspecified atom stereocenters. The number of aliphatic imine (C=N–C) groups is 1. The minimum absolute atomic E-state index is 0. The molecule has 32 heavy (non-hydrogen) atoms. The van der Waals surface area contributed by atoms with E-state index in [9.17, 15) is 4.39 Å². The van der Waals surface area contributed by atoms with Crippen molar-refractivity contribution >= 4 is 35.8 Å². The molecule has 2 aliphatic rings. The molecular weight excluding hydrogens is 518 g/mol. The lowest BCUT2D eigenvalue weighted by Crippen LogP contribution is -2.46. The highest BCUT2D eigenvalue weighted by Crippen LogP contribution is 2.24. The summed E-state index contributed by atoms with van der Waals surface area (Å²) in [5.41, 5.74) is 1.37. The molecule has 3 atom stereocenters. The number of nitrogens with zero attached hydrogens (tertiary/aromatic N) is 4. The summed E-state index contributed by atoms with van der Waals surface area (Å²) >= 11 is 0. The summed E-state index contributed by atoms with van der Waals surface area (Å²) in [6.07, 6.45) is 3.76. The van der Waals surface area contributed by atoms with E-state index in [0.717, 1.165) is 45.1 Å². The van der Waals surface area contributed by atoms with Gasteiger partial charge in [-0.05, 0) is 43.4 Å². The van der Waals surface area contributed by atoms with Crippen LogP contribution in [0.15, 0.2) is 53.7 Å². The molecule has 2 N–H and O–H groups in total. The number of halogens is 2. The van der Waals surface area contributed by atoms with E-state index in [4.69, 9.17) is 0 Å². The highest BCUT2D eigenvalue weighted by Gasteiger charge is 2.30. The lowest BCUT2D eigenvalue weighted by molar-refractivity contribution is 0.255. The van der Waals surface area contributed by atoms with Gasteiger partial charge in [-0.3, -0.25) is 9.89 Å². The van der Waals surface area contributed by atoms with Gasteiger partial charge in [0.15, 0.2) is 17.6 Å². The number of anilines is 1. The van der Waals surface area contributed by atoms with Gasteiger partial charge in [0, 0.05) is 58.1 Å². The van der Waals surface area contributed by atoms with Crippen molar-refractivity contribution in [2.75, 3.05) is 38.1 Å². The van der Waals surface area contributed by atoms with E-state index in [1.165, 1.54) is 18.1 Å². The molecule has 0 saturated carbocycles. The highest BCUT2D eigenvalue weighted by atomic mass is 127. The third-order valence-corrected chi connectivity index (χ3v) is 6.37. The van der Waals surface area contributed by atoms with Crippen molar-refractivity contribution in [3.8, 4) is 0 Å². The molecule has 174 valence electrons. The molecule has 2 aliphatic heterocycles. The van der Waals surface area contributed by atoms with Gasteiger partial charge in [0.1, 0.15) is 0 Å². The van der Waals surface area contributed by atoms with Crippen LogP contribution in [0.5, 0.6) is 0 Å². The number of guanidine groups is 1. The first-order chi connectivity index (χ1) is 15.1. The number of hydrogen-bond acceptors (Lipinski definition) is 4. The first kappa shape index (κ1) is 24.7. The lowest BCUT2D eigenvalue weighted by Gasteiger charge is -2.21. The maximum Gasteiger partial charge on any atom is 0.191 e. The fraction of sp³-hybridized carbons (Fsp3) is 0.500. The van der Waals surface area contributed by atoms with Crippen LogP contribution in [-0.4, -0.2) is 61.2 Å². The molecule has 8 heteroatoms. The Kier molecular flexibility index (Phi) is 9.10. The van der Waals surface area contributed by atoms with Crippen molar-refractivity contribution in [1.29, 1.82) is 0 Å². The summed E-state index contributed by atoms with van der Waals surface area (Å²) in [5, 5.41) is 7.02. The number of pyridine rings is 1. The van der Waals surface area contributed by atoms with Gasteiger partial charge >= 0.3 is 0 Å². The molecule has 6 nitrogen and oxygen atoms in total. The average molecular weight is 552 g/mol. The third-order valence-electron chi connectivity index (χ3n) is 6.37. The predicted molar refractivity (Wildman–Crippen MR) is 139 cm³/mol. The summed E-state index contributed by atoms with van der Waals surface area (Å²) < 4.78 is 14.0. The van der Waals surface area contributed by atoms with Crippen molar-refractivity contribution in [3.63, 3.8) is 0 Å². The molecule has 1 aromatic carbocycles. The molecule has 0 aliphatic carbocycles. The quantitative estimate of drug-likeness (QED) is 0.327. The Bertz CT molecular complexity index is 880. The molecular formula is C24H34FIN6. The molecule has 2 saturated heterocycles. The SMILES string of the molecule is CN=C(NCC1CC(C)N(Cc2ccccc2)C1)NC1CCN(c2ncccc2F)C1.I. The van der Waals surface area contributed by atoms with Crippen molar-refractivity contribution in [2.24, 2.45) is 10.9 Å². The largest absolute Gasteiger partial charge is 0.356 e. The lowest BCUT2D eigenvalue weighted by atomic mass is 10.1. The second-order valence-corrected chi connectivity index (χ2v) is 8.70. The number of nitrogens with one attached hydrogen (secondary N) is 2. The minimum Gasteiger partial charge on any atom is -0.356 e. The molecule has 0 amide bonds. The summed E-state index contributed by atoms with van der Waals surface area (Å²) in [4.78, 5) is 13.2. The van der Waals surface area contributed by atoms with Gasteiger partial charge in [-0.1, -0.05) is 30.3 Å². The van der Waals surface area contributed by atoms with E-state index in [-0.39, 0.29) is 35.8 Å². The Balaban J connectivity index is 0.00000289. The van der Waals surface area contributed by atoms with Crippen LogP contribution in [0.25, 0.3) is 0 Å². The third kappa shape index (κ3) is 6.31. The maximum atomic E-state index is 14.0. The van der Waals surface area contributed by atoms with Crippen molar-refractivity contribution < 1.29 is 4.39 Å². The number of aromatic nitrogens is 1. The normalized spacial score (nSPS) is 23.8. The number of rotatable bonds is 6. The second-order valence-electron chi connectivity index (χ2n) is 8.70. The van der Waals surface area contributed by atoms with E-state index in [0.29, 0.717) is 17.8 Å². The van der Waals surface area contributed by atoms with E-state index in [2.05, 4.69) is 62.8 Å². The Morgan fingerprint density at radius 3 is 2.75 bits per heavy atom. The fourth-order valence-corrected chi connectivity index (χ4v) is 4.71. The monoisotopic (exact) mass is 552 g/mol. The topological polar surface area (TPSA) is 55.8 Å². The molecule has 0 radical (unpaired) electrons. The second kappa shape index (κ2) is 11.8. The number of likely N-dealkylation sites (tertiary alicyclic amines) is 1. The van der Waals surface area contributed by atoms with Gasteiger partial charge in [-0.15, -0.1) is 24.0 Å². The van der Waals surface area contributed by atoms with Gasteiger partial charge in [0.05, 0.1) is 0 Å². The highest BCUT2D eigenvalue weighted by molar-refractivity contribution is 14.0. The summed E-state index contributed by atoms with van der Waals surface area (Å²) in [5.74, 6) is 1.59. The van der Waals surface area contributed by atoms with E-state index >= 15 is 0 Å². The van der Waals surface area contributed by atoms with Crippen LogP contribution < -0.4 is 15.5 Å². The molecule has 3 heterocycles. The summed E-state index contributed by atoms with van der Waals surface area (Å²) in [7, 11) is 1.81. The van der Waals surface area contributed by atoms with E-state index in [1.807, 2.05) is 4.90 Å². The van der Waals surface area contributed by atoms with Crippen molar-refractivity contribution in [2.45, 2.75) is 38.4 Å². The van der Waals surface area contributed by atoms with Crippen LogP contribution in [0.2, 0.25) is 0 Å². The van der Waals surface area contributed by atoms with Crippen LogP contribution >= 0.6 is 24.0 Å². The minimum atomic E-state index is -0.263. The van der Waals surface area contributed by atoms with Crippen LogP contribution in [0.3, 0.4) is 0 Å². The van der Waals surface area contributed by atoms with Crippen LogP contribution in [0.4, 0.5) is 10.2 Å². The van der Waals surface area contributed by atoms with Gasteiger partial charge in [-0.2, -0.15) is 0 Å². The van der Waals surface area contributed by atoms with Gasteiger partial charge in [0.2, 0.25) is 0 Å². The Labute approximate surface area is 207 Å². The van der Waals surface area contributed by atoms with Gasteiger partial charge < -0.3 is 15.5 Å².